The van der Waals surface area contributed by atoms with Crippen molar-refractivity contribution in [2.24, 2.45) is 5.92 Å². The van der Waals surface area contributed by atoms with Crippen LogP contribution in [0.4, 0.5) is 5.69 Å². The first-order valence-electron chi connectivity index (χ1n) is 8.42. The molecule has 6 heteroatoms. The molecule has 27 heavy (non-hydrogen) atoms. The number of hydrogen-bond acceptors (Lipinski definition) is 4. The van der Waals surface area contributed by atoms with Crippen LogP contribution in [0.2, 0.25) is 0 Å². The Balaban J connectivity index is 1.97. The third kappa shape index (κ3) is 3.39. The molecule has 0 spiro atoms. The SMILES string of the molecule is COC1(C(=O)O)C=CC(c2cccc(-c3cccc([N+](=O)[O-])c3)c2)=CC1C. The minimum Gasteiger partial charge on any atom is -0.479 e. The number of carboxylic acid groups (broad SMARTS) is 1. The van der Waals surface area contributed by atoms with Gasteiger partial charge < -0.3 is 9.84 Å². The number of methoxy groups -OCH3 is 1. The fourth-order valence-electron chi connectivity index (χ4n) is 3.29. The molecule has 0 heterocycles. The molecule has 2 aromatic rings. The lowest BCUT2D eigenvalue weighted by molar-refractivity contribution is -0.384. The number of nitrogens with zero attached hydrogens (tertiary/aromatic N) is 1. The molecule has 0 aliphatic heterocycles. The summed E-state index contributed by atoms with van der Waals surface area (Å²) in [6.07, 6.45) is 5.17. The minimum atomic E-state index is -1.37. The molecule has 138 valence electrons. The number of carboxylic acids is 1. The van der Waals surface area contributed by atoms with Gasteiger partial charge in [0.05, 0.1) is 4.92 Å². The summed E-state index contributed by atoms with van der Waals surface area (Å²) in [6.45, 7) is 1.80. The first-order valence-corrected chi connectivity index (χ1v) is 8.42. The first-order chi connectivity index (χ1) is 12.9. The van der Waals surface area contributed by atoms with Crippen molar-refractivity contribution >= 4 is 17.2 Å². The zero-order valence-corrected chi connectivity index (χ0v) is 15.0. The van der Waals surface area contributed by atoms with Crippen molar-refractivity contribution < 1.29 is 19.6 Å². The van der Waals surface area contributed by atoms with Gasteiger partial charge in [-0.25, -0.2) is 4.79 Å². The Morgan fingerprint density at radius 3 is 2.37 bits per heavy atom. The van der Waals surface area contributed by atoms with Gasteiger partial charge in [-0.15, -0.1) is 0 Å². The molecule has 0 bridgehead atoms. The van der Waals surface area contributed by atoms with Crippen molar-refractivity contribution in [3.8, 4) is 11.1 Å². The van der Waals surface area contributed by atoms with Crippen LogP contribution in [0.15, 0.2) is 66.8 Å². The van der Waals surface area contributed by atoms with Crippen LogP contribution in [0.1, 0.15) is 12.5 Å². The van der Waals surface area contributed by atoms with Gasteiger partial charge >= 0.3 is 5.97 Å². The molecule has 0 fully saturated rings. The standard InChI is InChI=1S/C21H19NO5/c1-14-11-18(9-10-21(14,27-2)20(23)24)16-6-3-5-15(12-16)17-7-4-8-19(13-17)22(25)26/h3-14H,1-2H3,(H,23,24). The van der Waals surface area contributed by atoms with E-state index in [1.54, 1.807) is 25.1 Å². The van der Waals surface area contributed by atoms with Gasteiger partial charge in [0, 0.05) is 25.2 Å². The van der Waals surface area contributed by atoms with Crippen LogP contribution in [0, 0.1) is 16.0 Å². The lowest BCUT2D eigenvalue weighted by Gasteiger charge is -2.32. The number of carbonyl (C=O) groups is 1. The maximum absolute atomic E-state index is 11.6. The van der Waals surface area contributed by atoms with Gasteiger partial charge in [0.15, 0.2) is 5.60 Å². The number of hydrogen-bond donors (Lipinski definition) is 1. The number of benzene rings is 2. The van der Waals surface area contributed by atoms with Gasteiger partial charge in [-0.05, 0) is 34.4 Å². The van der Waals surface area contributed by atoms with E-state index in [-0.39, 0.29) is 11.6 Å². The van der Waals surface area contributed by atoms with E-state index in [1.165, 1.54) is 19.2 Å². The Hall–Kier alpha value is -3.25. The van der Waals surface area contributed by atoms with E-state index in [2.05, 4.69) is 0 Å². The van der Waals surface area contributed by atoms with Crippen LogP contribution in [0.3, 0.4) is 0 Å². The molecule has 0 saturated heterocycles. The van der Waals surface area contributed by atoms with Crippen LogP contribution in [0.25, 0.3) is 16.7 Å². The van der Waals surface area contributed by atoms with E-state index in [0.29, 0.717) is 0 Å². The molecule has 2 unspecified atom stereocenters. The number of nitro groups is 1. The van der Waals surface area contributed by atoms with E-state index >= 15 is 0 Å². The number of rotatable bonds is 5. The monoisotopic (exact) mass is 365 g/mol. The van der Waals surface area contributed by atoms with Crippen LogP contribution in [-0.2, 0) is 9.53 Å². The maximum Gasteiger partial charge on any atom is 0.340 e. The van der Waals surface area contributed by atoms with Crippen molar-refractivity contribution in [1.29, 1.82) is 0 Å². The highest BCUT2D eigenvalue weighted by molar-refractivity contribution is 5.87. The van der Waals surface area contributed by atoms with Crippen LogP contribution in [0.5, 0.6) is 0 Å². The van der Waals surface area contributed by atoms with E-state index in [0.717, 1.165) is 22.3 Å². The molecule has 2 aromatic carbocycles. The molecule has 2 atom stereocenters. The largest absolute Gasteiger partial charge is 0.479 e. The van der Waals surface area contributed by atoms with Gasteiger partial charge in [-0.2, -0.15) is 0 Å². The third-order valence-electron chi connectivity index (χ3n) is 4.87. The van der Waals surface area contributed by atoms with Gasteiger partial charge in [-0.3, -0.25) is 10.1 Å². The molecule has 1 N–H and O–H groups in total. The second-order valence-corrected chi connectivity index (χ2v) is 6.43. The maximum atomic E-state index is 11.6. The average Bonchev–Trinajstić information content (AvgIpc) is 2.68. The number of ether oxygens (including phenoxy) is 1. The number of non-ortho nitro benzene ring substituents is 1. The summed E-state index contributed by atoms with van der Waals surface area (Å²) in [5.74, 6) is -1.39. The van der Waals surface area contributed by atoms with Crippen molar-refractivity contribution in [3.63, 3.8) is 0 Å². The normalized spacial score (nSPS) is 21.6. The zero-order chi connectivity index (χ0) is 19.6. The molecule has 1 aliphatic carbocycles. The molecule has 0 amide bonds. The Morgan fingerprint density at radius 2 is 1.78 bits per heavy atom. The Labute approximate surface area is 156 Å². The first kappa shape index (κ1) is 18.5. The van der Waals surface area contributed by atoms with E-state index in [1.807, 2.05) is 36.4 Å². The quantitative estimate of drug-likeness (QED) is 0.629. The topological polar surface area (TPSA) is 89.7 Å². The number of nitro benzene ring substituents is 1. The van der Waals surface area contributed by atoms with E-state index in [4.69, 9.17) is 4.74 Å². The zero-order valence-electron chi connectivity index (χ0n) is 15.0. The van der Waals surface area contributed by atoms with Gasteiger partial charge in [0.25, 0.3) is 5.69 Å². The van der Waals surface area contributed by atoms with Crippen molar-refractivity contribution in [3.05, 3.63) is 82.4 Å². The summed E-state index contributed by atoms with van der Waals surface area (Å²) in [6, 6.07) is 14.1. The minimum absolute atomic E-state index is 0.0367. The predicted octanol–water partition coefficient (Wildman–Crippen LogP) is 4.32. The lowest BCUT2D eigenvalue weighted by atomic mass is 9.81. The van der Waals surface area contributed by atoms with Gasteiger partial charge in [0.1, 0.15) is 0 Å². The Kier molecular flexibility index (Phi) is 4.92. The van der Waals surface area contributed by atoms with Crippen LogP contribution >= 0.6 is 0 Å². The average molecular weight is 365 g/mol. The Morgan fingerprint density at radius 1 is 1.15 bits per heavy atom. The lowest BCUT2D eigenvalue weighted by Crippen LogP contribution is -2.45. The summed E-state index contributed by atoms with van der Waals surface area (Å²) in [5, 5.41) is 20.5. The second-order valence-electron chi connectivity index (χ2n) is 6.43. The molecule has 0 aromatic heterocycles. The molecule has 1 aliphatic rings. The number of allylic oxidation sites excluding steroid dienone is 2. The smallest absolute Gasteiger partial charge is 0.340 e. The summed E-state index contributed by atoms with van der Waals surface area (Å²) >= 11 is 0. The molecule has 0 saturated carbocycles. The third-order valence-corrected chi connectivity index (χ3v) is 4.87. The molecule has 3 rings (SSSR count). The van der Waals surface area contributed by atoms with E-state index in [9.17, 15) is 20.0 Å². The van der Waals surface area contributed by atoms with Crippen molar-refractivity contribution in [2.45, 2.75) is 12.5 Å². The summed E-state index contributed by atoms with van der Waals surface area (Å²) in [7, 11) is 1.39. The predicted molar refractivity (Wildman–Crippen MR) is 102 cm³/mol. The van der Waals surface area contributed by atoms with Crippen LogP contribution < -0.4 is 0 Å². The van der Waals surface area contributed by atoms with Gasteiger partial charge in [-0.1, -0.05) is 49.4 Å². The second kappa shape index (κ2) is 7.17. The highest BCUT2D eigenvalue weighted by atomic mass is 16.6. The van der Waals surface area contributed by atoms with Crippen molar-refractivity contribution in [2.75, 3.05) is 7.11 Å². The van der Waals surface area contributed by atoms with Crippen LogP contribution in [-0.4, -0.2) is 28.7 Å². The molecular formula is C21H19NO5. The molecule has 0 radical (unpaired) electrons. The summed E-state index contributed by atoms with van der Waals surface area (Å²) < 4.78 is 5.27. The van der Waals surface area contributed by atoms with E-state index < -0.39 is 16.5 Å². The number of aliphatic carboxylic acids is 1. The van der Waals surface area contributed by atoms with Crippen molar-refractivity contribution in [1.82, 2.24) is 0 Å². The molecular weight excluding hydrogens is 346 g/mol. The highest BCUT2D eigenvalue weighted by Gasteiger charge is 2.42. The highest BCUT2D eigenvalue weighted by Crippen LogP contribution is 2.35. The fourth-order valence-corrected chi connectivity index (χ4v) is 3.29. The summed E-state index contributed by atoms with van der Waals surface area (Å²) in [5.41, 5.74) is 2.04. The Bertz CT molecular complexity index is 963. The summed E-state index contributed by atoms with van der Waals surface area (Å²) in [4.78, 5) is 22.2. The fraction of sp³-hybridized carbons (Fsp3) is 0.190. The van der Waals surface area contributed by atoms with Gasteiger partial charge in [0.2, 0.25) is 0 Å². The molecule has 6 nitrogen and oxygen atoms in total.